The van der Waals surface area contributed by atoms with Gasteiger partial charge in [-0.25, -0.2) is 0 Å². The monoisotopic (exact) mass is 310 g/mol. The predicted octanol–water partition coefficient (Wildman–Crippen LogP) is 2.35. The quantitative estimate of drug-likeness (QED) is 0.818. The highest BCUT2D eigenvalue weighted by atomic mass is 16.4. The first-order valence-electron chi connectivity index (χ1n) is 8.83. The second-order valence-electron chi connectivity index (χ2n) is 6.78. The second kappa shape index (κ2) is 8.51. The van der Waals surface area contributed by atoms with Crippen LogP contribution in [0.15, 0.2) is 0 Å². The summed E-state index contributed by atoms with van der Waals surface area (Å²) >= 11 is 0. The molecule has 0 spiro atoms. The highest BCUT2D eigenvalue weighted by Crippen LogP contribution is 2.27. The van der Waals surface area contributed by atoms with Crippen molar-refractivity contribution in [2.24, 2.45) is 5.92 Å². The van der Waals surface area contributed by atoms with Gasteiger partial charge in [-0.3, -0.25) is 14.5 Å². The first-order valence-corrected chi connectivity index (χ1v) is 8.83. The van der Waals surface area contributed by atoms with Gasteiger partial charge in [-0.2, -0.15) is 0 Å². The van der Waals surface area contributed by atoms with Gasteiger partial charge in [0, 0.05) is 25.6 Å². The lowest BCUT2D eigenvalue weighted by Crippen LogP contribution is -2.48. The van der Waals surface area contributed by atoms with Gasteiger partial charge in [0.05, 0.1) is 6.54 Å². The summed E-state index contributed by atoms with van der Waals surface area (Å²) in [5, 5.41) is 8.96. The maximum absolute atomic E-state index is 12.4. The molecular formula is C17H30N2O3. The minimum Gasteiger partial charge on any atom is -0.480 e. The summed E-state index contributed by atoms with van der Waals surface area (Å²) in [7, 11) is 0. The third kappa shape index (κ3) is 4.97. The van der Waals surface area contributed by atoms with Crippen LogP contribution < -0.4 is 0 Å². The first-order chi connectivity index (χ1) is 10.6. The molecule has 5 nitrogen and oxygen atoms in total. The normalized spacial score (nSPS) is 21.3. The van der Waals surface area contributed by atoms with Gasteiger partial charge in [0.2, 0.25) is 5.91 Å². The van der Waals surface area contributed by atoms with E-state index in [1.54, 1.807) is 0 Å². The summed E-state index contributed by atoms with van der Waals surface area (Å²) in [5.41, 5.74) is 0. The molecule has 0 aromatic carbocycles. The van der Waals surface area contributed by atoms with Crippen LogP contribution in [0, 0.1) is 5.92 Å². The van der Waals surface area contributed by atoms with Crippen molar-refractivity contribution in [1.29, 1.82) is 0 Å². The van der Waals surface area contributed by atoms with E-state index in [2.05, 4.69) is 0 Å². The number of carboxylic acids is 1. The number of rotatable bonds is 6. The second-order valence-corrected chi connectivity index (χ2v) is 6.78. The van der Waals surface area contributed by atoms with Gasteiger partial charge < -0.3 is 10.0 Å². The van der Waals surface area contributed by atoms with Crippen LogP contribution in [0.5, 0.6) is 0 Å². The van der Waals surface area contributed by atoms with Gasteiger partial charge in [-0.1, -0.05) is 26.2 Å². The lowest BCUT2D eigenvalue weighted by Gasteiger charge is -2.38. The minimum absolute atomic E-state index is 0.108. The summed E-state index contributed by atoms with van der Waals surface area (Å²) in [4.78, 5) is 27.3. The van der Waals surface area contributed by atoms with E-state index < -0.39 is 5.97 Å². The summed E-state index contributed by atoms with van der Waals surface area (Å²) in [5.74, 6) is 0.141. The molecule has 1 saturated heterocycles. The summed E-state index contributed by atoms with van der Waals surface area (Å²) in [6.45, 7) is 4.44. The molecule has 2 aliphatic rings. The van der Waals surface area contributed by atoms with Crippen molar-refractivity contribution in [2.75, 3.05) is 26.2 Å². The molecule has 1 amide bonds. The van der Waals surface area contributed by atoms with Crippen LogP contribution in [0.25, 0.3) is 0 Å². The van der Waals surface area contributed by atoms with Crippen LogP contribution in [-0.2, 0) is 9.59 Å². The molecule has 0 aromatic heterocycles. The summed E-state index contributed by atoms with van der Waals surface area (Å²) < 4.78 is 0. The van der Waals surface area contributed by atoms with E-state index in [1.807, 2.05) is 16.7 Å². The number of hydrogen-bond donors (Lipinski definition) is 1. The van der Waals surface area contributed by atoms with Crippen molar-refractivity contribution < 1.29 is 14.7 Å². The standard InChI is InChI=1S/C17H30N2O3/c1-2-18(13-17(21)22)15-8-10-19(11-9-15)16(20)12-14-6-4-3-5-7-14/h14-15H,2-13H2,1H3,(H,21,22). The Morgan fingerprint density at radius 1 is 1.09 bits per heavy atom. The highest BCUT2D eigenvalue weighted by molar-refractivity contribution is 5.76. The van der Waals surface area contributed by atoms with E-state index in [0.29, 0.717) is 17.9 Å². The van der Waals surface area contributed by atoms with E-state index >= 15 is 0 Å². The Hall–Kier alpha value is -1.10. The van der Waals surface area contributed by atoms with Crippen molar-refractivity contribution in [1.82, 2.24) is 9.80 Å². The molecule has 0 bridgehead atoms. The number of carbonyl (C=O) groups is 2. The van der Waals surface area contributed by atoms with Crippen molar-refractivity contribution in [2.45, 2.75) is 64.3 Å². The number of nitrogens with zero attached hydrogens (tertiary/aromatic N) is 2. The van der Waals surface area contributed by atoms with E-state index in [9.17, 15) is 9.59 Å². The van der Waals surface area contributed by atoms with Crippen LogP contribution in [0.1, 0.15) is 58.3 Å². The number of hydrogen-bond acceptors (Lipinski definition) is 3. The summed E-state index contributed by atoms with van der Waals surface area (Å²) in [6, 6.07) is 0.305. The zero-order valence-corrected chi connectivity index (χ0v) is 13.8. The smallest absolute Gasteiger partial charge is 0.317 e. The Kier molecular flexibility index (Phi) is 6.68. The maximum Gasteiger partial charge on any atom is 0.317 e. The molecule has 126 valence electrons. The molecule has 5 heteroatoms. The average Bonchev–Trinajstić information content (AvgIpc) is 2.53. The molecular weight excluding hydrogens is 280 g/mol. The number of aliphatic carboxylic acids is 1. The van der Waals surface area contributed by atoms with Crippen LogP contribution >= 0.6 is 0 Å². The summed E-state index contributed by atoms with van der Waals surface area (Å²) in [6.07, 6.45) is 8.83. The van der Waals surface area contributed by atoms with Crippen LogP contribution in [0.3, 0.4) is 0 Å². The zero-order valence-electron chi connectivity index (χ0n) is 13.8. The minimum atomic E-state index is -0.766. The number of carboxylic acid groups (broad SMARTS) is 1. The Labute approximate surface area is 133 Å². The molecule has 1 aliphatic heterocycles. The van der Waals surface area contributed by atoms with Crippen LogP contribution in [0.2, 0.25) is 0 Å². The Morgan fingerprint density at radius 3 is 2.27 bits per heavy atom. The van der Waals surface area contributed by atoms with Gasteiger partial charge in [-0.15, -0.1) is 0 Å². The van der Waals surface area contributed by atoms with Crippen molar-refractivity contribution in [3.05, 3.63) is 0 Å². The van der Waals surface area contributed by atoms with E-state index in [-0.39, 0.29) is 6.54 Å². The third-order valence-corrected chi connectivity index (χ3v) is 5.27. The van der Waals surface area contributed by atoms with Gasteiger partial charge in [0.15, 0.2) is 0 Å². The van der Waals surface area contributed by atoms with E-state index in [1.165, 1.54) is 32.1 Å². The largest absolute Gasteiger partial charge is 0.480 e. The molecule has 2 fully saturated rings. The fraction of sp³-hybridized carbons (Fsp3) is 0.882. The molecule has 0 unspecified atom stereocenters. The van der Waals surface area contributed by atoms with E-state index in [0.717, 1.165) is 38.9 Å². The molecule has 2 rings (SSSR count). The van der Waals surface area contributed by atoms with E-state index in [4.69, 9.17) is 5.11 Å². The fourth-order valence-corrected chi connectivity index (χ4v) is 3.92. The first kappa shape index (κ1) is 17.3. The van der Waals surface area contributed by atoms with Gasteiger partial charge in [0.25, 0.3) is 0 Å². The fourth-order valence-electron chi connectivity index (χ4n) is 3.92. The lowest BCUT2D eigenvalue weighted by molar-refractivity contribution is -0.140. The molecule has 0 aromatic rings. The molecule has 1 N–H and O–H groups in total. The van der Waals surface area contributed by atoms with Crippen molar-refractivity contribution in [3.63, 3.8) is 0 Å². The maximum atomic E-state index is 12.4. The Balaban J connectivity index is 1.75. The van der Waals surface area contributed by atoms with Crippen molar-refractivity contribution in [3.8, 4) is 0 Å². The molecule has 22 heavy (non-hydrogen) atoms. The van der Waals surface area contributed by atoms with Gasteiger partial charge >= 0.3 is 5.97 Å². The Bertz CT molecular complexity index is 372. The predicted molar refractivity (Wildman–Crippen MR) is 85.7 cm³/mol. The number of carbonyl (C=O) groups excluding carboxylic acids is 1. The molecule has 1 aliphatic carbocycles. The topological polar surface area (TPSA) is 60.9 Å². The SMILES string of the molecule is CCN(CC(=O)O)C1CCN(C(=O)CC2CCCCC2)CC1. The molecule has 0 atom stereocenters. The Morgan fingerprint density at radius 2 is 1.73 bits per heavy atom. The number of likely N-dealkylation sites (N-methyl/N-ethyl adjacent to an activating group) is 1. The third-order valence-electron chi connectivity index (χ3n) is 5.27. The molecule has 0 radical (unpaired) electrons. The number of piperidine rings is 1. The van der Waals surface area contributed by atoms with Crippen LogP contribution in [-0.4, -0.2) is 59.0 Å². The zero-order chi connectivity index (χ0) is 15.9. The van der Waals surface area contributed by atoms with Gasteiger partial charge in [0.1, 0.15) is 0 Å². The average molecular weight is 310 g/mol. The number of amides is 1. The molecule has 1 saturated carbocycles. The van der Waals surface area contributed by atoms with Gasteiger partial charge in [-0.05, 0) is 38.1 Å². The number of likely N-dealkylation sites (tertiary alicyclic amines) is 1. The lowest BCUT2D eigenvalue weighted by atomic mass is 9.86. The van der Waals surface area contributed by atoms with Crippen LogP contribution in [0.4, 0.5) is 0 Å². The molecule has 1 heterocycles. The van der Waals surface area contributed by atoms with Crippen molar-refractivity contribution >= 4 is 11.9 Å². The highest BCUT2D eigenvalue weighted by Gasteiger charge is 2.28.